The smallest absolute Gasteiger partial charge is 0.269 e. The van der Waals surface area contributed by atoms with Gasteiger partial charge in [0.1, 0.15) is 5.25 Å². The van der Waals surface area contributed by atoms with Crippen LogP contribution in [0.25, 0.3) is 0 Å². The average molecular weight is 165 g/mol. The van der Waals surface area contributed by atoms with E-state index < -0.39 is 15.4 Å². The largest absolute Gasteiger partial charge is 0.326 e. The zero-order valence-corrected chi connectivity index (χ0v) is 6.34. The number of hydrogen-bond donors (Lipinski definition) is 2. The minimum absolute atomic E-state index is 0.366. The molecule has 4 nitrogen and oxygen atoms in total. The molecule has 0 heterocycles. The van der Waals surface area contributed by atoms with E-state index in [9.17, 15) is 8.42 Å². The van der Waals surface area contributed by atoms with Crippen molar-refractivity contribution in [2.45, 2.75) is 30.6 Å². The molecule has 0 aromatic rings. The van der Waals surface area contributed by atoms with Crippen molar-refractivity contribution in [1.29, 1.82) is 0 Å². The van der Waals surface area contributed by atoms with E-state index in [1.54, 1.807) is 0 Å². The molecule has 0 radical (unpaired) electrons. The third kappa shape index (κ3) is 1.47. The summed E-state index contributed by atoms with van der Waals surface area (Å²) in [6.07, 6.45) is 2.00. The van der Waals surface area contributed by atoms with Gasteiger partial charge in [0.2, 0.25) is 0 Å². The molecule has 0 amide bonds. The maximum Gasteiger partial charge on any atom is 0.269 e. The second-order valence-electron chi connectivity index (χ2n) is 2.65. The molecule has 0 unspecified atom stereocenters. The van der Waals surface area contributed by atoms with Crippen molar-refractivity contribution in [3.63, 3.8) is 0 Å². The van der Waals surface area contributed by atoms with Gasteiger partial charge in [-0.05, 0) is 12.8 Å². The summed E-state index contributed by atoms with van der Waals surface area (Å²) in [4.78, 5) is 0. The van der Waals surface area contributed by atoms with Gasteiger partial charge >= 0.3 is 0 Å². The lowest BCUT2D eigenvalue weighted by Gasteiger charge is -2.10. The summed E-state index contributed by atoms with van der Waals surface area (Å²) >= 11 is 0. The molecule has 0 aromatic carbocycles. The topological polar surface area (TPSA) is 80.4 Å². The summed E-state index contributed by atoms with van der Waals surface area (Å²) in [5.41, 5.74) is 5.43. The van der Waals surface area contributed by atoms with Crippen LogP contribution in [0.15, 0.2) is 0 Å². The normalized spacial score (nSPS) is 34.6. The van der Waals surface area contributed by atoms with Crippen molar-refractivity contribution in [3.05, 3.63) is 0 Å². The van der Waals surface area contributed by atoms with E-state index in [4.69, 9.17) is 10.3 Å². The van der Waals surface area contributed by atoms with Crippen LogP contribution in [0.3, 0.4) is 0 Å². The standard InChI is InChI=1S/C5H11NO3S/c6-4-2-1-3-5(4)10(7,8)9/h4-5H,1-3,6H2,(H,7,8,9)/t4-,5+/m1/s1. The predicted molar refractivity (Wildman–Crippen MR) is 37.2 cm³/mol. The summed E-state index contributed by atoms with van der Waals surface area (Å²) in [5, 5.41) is -0.715. The molecule has 0 aliphatic heterocycles. The predicted octanol–water partition coefficient (Wildman–Crippen LogP) is -0.246. The Morgan fingerprint density at radius 1 is 1.40 bits per heavy atom. The van der Waals surface area contributed by atoms with Crippen molar-refractivity contribution in [3.8, 4) is 0 Å². The Bertz CT molecular complexity index is 211. The second-order valence-corrected chi connectivity index (χ2v) is 4.28. The van der Waals surface area contributed by atoms with Crippen molar-refractivity contribution < 1.29 is 13.0 Å². The van der Waals surface area contributed by atoms with Crippen LogP contribution in [0, 0.1) is 0 Å². The van der Waals surface area contributed by atoms with Crippen molar-refractivity contribution in [2.75, 3.05) is 0 Å². The summed E-state index contributed by atoms with van der Waals surface area (Å²) in [6, 6.07) is -0.366. The van der Waals surface area contributed by atoms with E-state index in [-0.39, 0.29) is 6.04 Å². The Morgan fingerprint density at radius 2 is 2.00 bits per heavy atom. The van der Waals surface area contributed by atoms with Crippen LogP contribution in [0.1, 0.15) is 19.3 Å². The molecule has 0 aromatic heterocycles. The van der Waals surface area contributed by atoms with Gasteiger partial charge in [0, 0.05) is 6.04 Å². The lowest BCUT2D eigenvalue weighted by molar-refractivity contribution is 0.460. The summed E-state index contributed by atoms with van der Waals surface area (Å²) < 4.78 is 29.6. The first kappa shape index (κ1) is 7.97. The van der Waals surface area contributed by atoms with Gasteiger partial charge in [0.15, 0.2) is 0 Å². The Labute approximate surface area is 60.2 Å². The number of hydrogen-bond acceptors (Lipinski definition) is 3. The summed E-state index contributed by atoms with van der Waals surface area (Å²) in [5.74, 6) is 0. The monoisotopic (exact) mass is 165 g/mol. The van der Waals surface area contributed by atoms with Crippen molar-refractivity contribution in [1.82, 2.24) is 0 Å². The van der Waals surface area contributed by atoms with Gasteiger partial charge in [-0.3, -0.25) is 4.55 Å². The maximum atomic E-state index is 10.5. The zero-order valence-electron chi connectivity index (χ0n) is 5.53. The van der Waals surface area contributed by atoms with E-state index in [0.717, 1.165) is 6.42 Å². The van der Waals surface area contributed by atoms with Crippen LogP contribution < -0.4 is 5.73 Å². The van der Waals surface area contributed by atoms with Gasteiger partial charge in [-0.25, -0.2) is 0 Å². The van der Waals surface area contributed by atoms with E-state index in [2.05, 4.69) is 0 Å². The summed E-state index contributed by atoms with van der Waals surface area (Å²) in [7, 11) is -3.88. The number of rotatable bonds is 1. The van der Waals surface area contributed by atoms with E-state index in [1.807, 2.05) is 0 Å². The van der Waals surface area contributed by atoms with Crippen molar-refractivity contribution >= 4 is 10.1 Å². The molecule has 1 rings (SSSR count). The van der Waals surface area contributed by atoms with Crippen LogP contribution in [0.2, 0.25) is 0 Å². The minimum atomic E-state index is -3.88. The molecule has 0 spiro atoms. The van der Waals surface area contributed by atoms with Gasteiger partial charge in [-0.15, -0.1) is 0 Å². The Morgan fingerprint density at radius 3 is 2.20 bits per heavy atom. The fraction of sp³-hybridized carbons (Fsp3) is 1.00. The second kappa shape index (κ2) is 2.48. The van der Waals surface area contributed by atoms with E-state index in [1.165, 1.54) is 0 Å². The fourth-order valence-corrected chi connectivity index (χ4v) is 2.37. The van der Waals surface area contributed by atoms with Crippen LogP contribution >= 0.6 is 0 Å². The lowest BCUT2D eigenvalue weighted by Crippen LogP contribution is -2.35. The van der Waals surface area contributed by atoms with Gasteiger partial charge in [-0.1, -0.05) is 6.42 Å². The average Bonchev–Trinajstić information content (AvgIpc) is 2.11. The first-order chi connectivity index (χ1) is 4.52. The molecule has 0 saturated heterocycles. The summed E-state index contributed by atoms with van der Waals surface area (Å²) in [6.45, 7) is 0. The highest BCUT2D eigenvalue weighted by molar-refractivity contribution is 7.86. The molecule has 0 bridgehead atoms. The Kier molecular flexibility index (Phi) is 1.98. The molecule has 3 N–H and O–H groups in total. The molecule has 1 aliphatic rings. The highest BCUT2D eigenvalue weighted by Gasteiger charge is 2.33. The van der Waals surface area contributed by atoms with Gasteiger partial charge in [0.25, 0.3) is 10.1 Å². The molecular formula is C5H11NO3S. The molecule has 2 atom stereocenters. The van der Waals surface area contributed by atoms with Crippen LogP contribution in [-0.4, -0.2) is 24.3 Å². The number of nitrogens with two attached hydrogens (primary N) is 1. The lowest BCUT2D eigenvalue weighted by atomic mass is 10.3. The quantitative estimate of drug-likeness (QED) is 0.525. The van der Waals surface area contributed by atoms with Gasteiger partial charge < -0.3 is 5.73 Å². The fourth-order valence-electron chi connectivity index (χ4n) is 1.32. The molecular weight excluding hydrogens is 154 g/mol. The molecule has 1 aliphatic carbocycles. The molecule has 5 heteroatoms. The van der Waals surface area contributed by atoms with Gasteiger partial charge in [0.05, 0.1) is 0 Å². The highest BCUT2D eigenvalue weighted by atomic mass is 32.2. The maximum absolute atomic E-state index is 10.5. The molecule has 60 valence electrons. The van der Waals surface area contributed by atoms with Crippen LogP contribution in [0.4, 0.5) is 0 Å². The van der Waals surface area contributed by atoms with E-state index in [0.29, 0.717) is 12.8 Å². The highest BCUT2D eigenvalue weighted by Crippen LogP contribution is 2.22. The Hall–Kier alpha value is -0.130. The van der Waals surface area contributed by atoms with Crippen molar-refractivity contribution in [2.24, 2.45) is 5.73 Å². The van der Waals surface area contributed by atoms with Gasteiger partial charge in [-0.2, -0.15) is 8.42 Å². The SMILES string of the molecule is N[C@@H]1CCC[C@@H]1S(=O)(=O)O. The van der Waals surface area contributed by atoms with E-state index >= 15 is 0 Å². The first-order valence-corrected chi connectivity index (χ1v) is 4.74. The third-order valence-corrected chi connectivity index (χ3v) is 3.24. The first-order valence-electron chi connectivity index (χ1n) is 3.23. The Balaban J connectivity index is 2.74. The zero-order chi connectivity index (χ0) is 7.78. The minimum Gasteiger partial charge on any atom is -0.326 e. The molecule has 1 fully saturated rings. The molecule has 10 heavy (non-hydrogen) atoms. The van der Waals surface area contributed by atoms with Crippen LogP contribution in [0.5, 0.6) is 0 Å². The third-order valence-electron chi connectivity index (χ3n) is 1.89. The van der Waals surface area contributed by atoms with Crippen LogP contribution in [-0.2, 0) is 10.1 Å². The molecule has 1 saturated carbocycles.